The monoisotopic (exact) mass is 413 g/mol. The minimum atomic E-state index is -0.678. The highest BCUT2D eigenvalue weighted by Gasteiger charge is 2.45. The maximum absolute atomic E-state index is 6.81. The highest BCUT2D eigenvalue weighted by molar-refractivity contribution is 6.02. The Kier molecular flexibility index (Phi) is 4.33. The van der Waals surface area contributed by atoms with Crippen LogP contribution in [-0.4, -0.2) is 34.6 Å². The van der Waals surface area contributed by atoms with E-state index in [9.17, 15) is 0 Å². The topological polar surface area (TPSA) is 90.6 Å². The van der Waals surface area contributed by atoms with Crippen molar-refractivity contribution in [2.75, 3.05) is 13.1 Å². The standard InChI is InChI=1S/C24H27N7/c25-24(19-13-26-14-19)11-22(31-23(30-24)20(15-29-31)17-8-9-17)28-12-16-4-6-18(7-5-16)21-3-1-2-10-27-21/h1-7,10-11,15,17,19,26,28-29H,8-9,12-14,25H2. The van der Waals surface area contributed by atoms with Crippen LogP contribution in [0, 0.1) is 11.8 Å². The molecule has 1 aromatic heterocycles. The first kappa shape index (κ1) is 18.6. The van der Waals surface area contributed by atoms with Crippen molar-refractivity contribution in [3.05, 3.63) is 77.9 Å². The third-order valence-electron chi connectivity index (χ3n) is 6.57. The number of hydrazine groups is 1. The van der Waals surface area contributed by atoms with Crippen LogP contribution >= 0.6 is 0 Å². The molecule has 4 heterocycles. The number of benzene rings is 1. The van der Waals surface area contributed by atoms with E-state index in [4.69, 9.17) is 10.7 Å². The van der Waals surface area contributed by atoms with E-state index in [2.05, 4.69) is 57.6 Å². The Labute approximate surface area is 182 Å². The normalized spacial score (nSPS) is 25.1. The zero-order valence-corrected chi connectivity index (χ0v) is 17.4. The average Bonchev–Trinajstić information content (AvgIpc) is 3.51. The molecule has 0 bridgehead atoms. The number of amidine groups is 1. The number of pyridine rings is 1. The number of nitrogens with two attached hydrogens (primary N) is 1. The van der Waals surface area contributed by atoms with Gasteiger partial charge in [0, 0.05) is 55.2 Å². The lowest BCUT2D eigenvalue weighted by atomic mass is 9.87. The zero-order valence-electron chi connectivity index (χ0n) is 17.4. The van der Waals surface area contributed by atoms with Crippen LogP contribution in [0.3, 0.4) is 0 Å². The summed E-state index contributed by atoms with van der Waals surface area (Å²) in [5, 5.41) is 8.98. The van der Waals surface area contributed by atoms with Gasteiger partial charge in [0.2, 0.25) is 0 Å². The van der Waals surface area contributed by atoms with Crippen LogP contribution in [-0.2, 0) is 6.54 Å². The zero-order chi connectivity index (χ0) is 20.8. The van der Waals surface area contributed by atoms with Crippen molar-refractivity contribution in [1.82, 2.24) is 26.1 Å². The molecule has 1 aliphatic carbocycles. The second-order valence-electron chi connectivity index (χ2n) is 8.81. The van der Waals surface area contributed by atoms with E-state index in [1.54, 1.807) is 0 Å². The summed E-state index contributed by atoms with van der Waals surface area (Å²) in [6.07, 6.45) is 8.47. The van der Waals surface area contributed by atoms with E-state index >= 15 is 0 Å². The van der Waals surface area contributed by atoms with Crippen LogP contribution in [0.1, 0.15) is 18.4 Å². The molecular formula is C24H27N7. The summed E-state index contributed by atoms with van der Waals surface area (Å²) in [4.78, 5) is 9.45. The molecule has 31 heavy (non-hydrogen) atoms. The molecule has 1 saturated carbocycles. The minimum absolute atomic E-state index is 0.317. The molecule has 2 fully saturated rings. The first-order valence-corrected chi connectivity index (χ1v) is 11.0. The summed E-state index contributed by atoms with van der Waals surface area (Å²) in [5.41, 5.74) is 14.1. The lowest BCUT2D eigenvalue weighted by Gasteiger charge is -2.42. The molecule has 0 spiro atoms. The van der Waals surface area contributed by atoms with Crippen LogP contribution in [0.15, 0.2) is 77.3 Å². The van der Waals surface area contributed by atoms with Crippen LogP contribution in [0.4, 0.5) is 0 Å². The van der Waals surface area contributed by atoms with Crippen molar-refractivity contribution in [1.29, 1.82) is 0 Å². The molecule has 1 saturated heterocycles. The van der Waals surface area contributed by atoms with Crippen molar-refractivity contribution in [2.45, 2.75) is 25.0 Å². The van der Waals surface area contributed by atoms with Gasteiger partial charge in [-0.1, -0.05) is 30.3 Å². The molecule has 5 N–H and O–H groups in total. The number of hydrogen-bond donors (Lipinski definition) is 4. The SMILES string of the molecule is NC1(C2CNC2)C=C(NCc2ccc(-c3ccccn3)cc2)N2NC=C(C3CC3)C2=N1. The predicted octanol–water partition coefficient (Wildman–Crippen LogP) is 2.08. The van der Waals surface area contributed by atoms with Gasteiger partial charge >= 0.3 is 0 Å². The average molecular weight is 414 g/mol. The molecular weight excluding hydrogens is 386 g/mol. The molecule has 0 amide bonds. The second kappa shape index (κ2) is 7.21. The van der Waals surface area contributed by atoms with Crippen molar-refractivity contribution < 1.29 is 0 Å². The Morgan fingerprint density at radius 2 is 1.97 bits per heavy atom. The number of hydrogen-bond acceptors (Lipinski definition) is 7. The van der Waals surface area contributed by atoms with Gasteiger partial charge in [0.25, 0.3) is 0 Å². The Morgan fingerprint density at radius 1 is 1.13 bits per heavy atom. The van der Waals surface area contributed by atoms with E-state index < -0.39 is 5.66 Å². The fourth-order valence-corrected chi connectivity index (χ4v) is 4.36. The van der Waals surface area contributed by atoms with Gasteiger partial charge in [0.05, 0.1) is 5.69 Å². The smallest absolute Gasteiger partial charge is 0.156 e. The molecule has 158 valence electrons. The number of rotatable bonds is 6. The first-order valence-electron chi connectivity index (χ1n) is 11.0. The maximum atomic E-state index is 6.81. The molecule has 1 aromatic carbocycles. The number of nitrogens with one attached hydrogen (secondary N) is 3. The molecule has 1 unspecified atom stereocenters. The number of aromatic nitrogens is 1. The maximum Gasteiger partial charge on any atom is 0.156 e. The summed E-state index contributed by atoms with van der Waals surface area (Å²) in [7, 11) is 0. The number of nitrogens with zero attached hydrogens (tertiary/aromatic N) is 3. The Morgan fingerprint density at radius 3 is 2.65 bits per heavy atom. The molecule has 7 nitrogen and oxygen atoms in total. The third kappa shape index (κ3) is 3.40. The number of fused-ring (bicyclic) bond motifs is 1. The van der Waals surface area contributed by atoms with E-state index in [1.807, 2.05) is 29.4 Å². The molecule has 0 radical (unpaired) electrons. The quantitative estimate of drug-likeness (QED) is 0.580. The first-order chi connectivity index (χ1) is 15.2. The lowest BCUT2D eigenvalue weighted by molar-refractivity contribution is 0.227. The van der Waals surface area contributed by atoms with Gasteiger partial charge in [-0.2, -0.15) is 0 Å². The summed E-state index contributed by atoms with van der Waals surface area (Å²) in [5.74, 6) is 2.88. The van der Waals surface area contributed by atoms with Gasteiger partial charge in [-0.15, -0.1) is 0 Å². The van der Waals surface area contributed by atoms with Gasteiger partial charge < -0.3 is 16.4 Å². The van der Waals surface area contributed by atoms with Crippen LogP contribution in [0.2, 0.25) is 0 Å². The van der Waals surface area contributed by atoms with E-state index in [0.717, 1.165) is 36.0 Å². The summed E-state index contributed by atoms with van der Waals surface area (Å²) in [6.45, 7) is 2.52. The highest BCUT2D eigenvalue weighted by atomic mass is 15.6. The minimum Gasteiger partial charge on any atom is -0.366 e. The van der Waals surface area contributed by atoms with Crippen molar-refractivity contribution in [2.24, 2.45) is 22.6 Å². The molecule has 6 rings (SSSR count). The van der Waals surface area contributed by atoms with E-state index in [-0.39, 0.29) is 0 Å². The molecule has 1 atom stereocenters. The van der Waals surface area contributed by atoms with Crippen LogP contribution in [0.5, 0.6) is 0 Å². The molecule has 3 aliphatic heterocycles. The Bertz CT molecular complexity index is 1060. The van der Waals surface area contributed by atoms with Crippen molar-refractivity contribution in [3.8, 4) is 11.3 Å². The van der Waals surface area contributed by atoms with Crippen molar-refractivity contribution >= 4 is 5.84 Å². The summed E-state index contributed by atoms with van der Waals surface area (Å²) >= 11 is 0. The number of aliphatic imine (C=N–C) groups is 1. The Hall–Kier alpha value is -3.16. The Balaban J connectivity index is 1.21. The van der Waals surface area contributed by atoms with Crippen molar-refractivity contribution in [3.63, 3.8) is 0 Å². The van der Waals surface area contributed by atoms with Gasteiger partial charge in [0.1, 0.15) is 11.5 Å². The highest BCUT2D eigenvalue weighted by Crippen LogP contribution is 2.41. The fraction of sp³-hybridized carbons (Fsp3) is 0.333. The van der Waals surface area contributed by atoms with Gasteiger partial charge in [0.15, 0.2) is 5.84 Å². The van der Waals surface area contributed by atoms with Crippen LogP contribution < -0.4 is 21.8 Å². The molecule has 2 aromatic rings. The second-order valence-corrected chi connectivity index (χ2v) is 8.81. The van der Waals surface area contributed by atoms with Crippen LogP contribution in [0.25, 0.3) is 11.3 Å². The molecule has 7 heteroatoms. The largest absolute Gasteiger partial charge is 0.366 e. The third-order valence-corrected chi connectivity index (χ3v) is 6.57. The van der Waals surface area contributed by atoms with Gasteiger partial charge in [-0.25, -0.2) is 10.0 Å². The van der Waals surface area contributed by atoms with E-state index in [0.29, 0.717) is 18.4 Å². The predicted molar refractivity (Wildman–Crippen MR) is 121 cm³/mol. The fourth-order valence-electron chi connectivity index (χ4n) is 4.36. The summed E-state index contributed by atoms with van der Waals surface area (Å²) < 4.78 is 0. The van der Waals surface area contributed by atoms with E-state index in [1.165, 1.54) is 24.0 Å². The summed E-state index contributed by atoms with van der Waals surface area (Å²) in [6, 6.07) is 14.5. The van der Waals surface area contributed by atoms with Gasteiger partial charge in [-0.3, -0.25) is 10.4 Å². The van der Waals surface area contributed by atoms with Gasteiger partial charge in [-0.05, 0) is 36.5 Å². The lowest BCUT2D eigenvalue weighted by Crippen LogP contribution is -2.61. The molecule has 4 aliphatic rings.